The molecule has 84 valence electrons. The standard InChI is InChI=1S/C8H10F2N2O3/c1-7(2,8(3,9)10)6-11-4(5(13)14)12-15-6/h1-3H3,(H,13,14). The van der Waals surface area contributed by atoms with E-state index in [9.17, 15) is 13.6 Å². The molecule has 0 unspecified atom stereocenters. The number of nitrogens with zero attached hydrogens (tertiary/aromatic N) is 2. The minimum Gasteiger partial charge on any atom is -0.475 e. The third-order valence-corrected chi connectivity index (χ3v) is 2.25. The summed E-state index contributed by atoms with van der Waals surface area (Å²) in [7, 11) is 0. The summed E-state index contributed by atoms with van der Waals surface area (Å²) in [5.41, 5.74) is -1.70. The lowest BCUT2D eigenvalue weighted by Crippen LogP contribution is -2.37. The van der Waals surface area contributed by atoms with Gasteiger partial charge in [0.15, 0.2) is 0 Å². The van der Waals surface area contributed by atoms with Gasteiger partial charge >= 0.3 is 5.97 Å². The minimum absolute atomic E-state index is 0.396. The van der Waals surface area contributed by atoms with E-state index < -0.39 is 29.0 Å². The topological polar surface area (TPSA) is 76.2 Å². The second-order valence-electron chi connectivity index (χ2n) is 3.74. The van der Waals surface area contributed by atoms with E-state index in [0.717, 1.165) is 0 Å². The molecule has 0 aromatic carbocycles. The summed E-state index contributed by atoms with van der Waals surface area (Å²) in [6, 6.07) is 0. The zero-order valence-electron chi connectivity index (χ0n) is 8.41. The molecule has 5 nitrogen and oxygen atoms in total. The van der Waals surface area contributed by atoms with Gasteiger partial charge in [0.1, 0.15) is 5.41 Å². The maximum Gasteiger partial charge on any atom is 0.377 e. The Balaban J connectivity index is 3.11. The zero-order valence-corrected chi connectivity index (χ0v) is 8.41. The van der Waals surface area contributed by atoms with E-state index in [1.165, 1.54) is 13.8 Å². The van der Waals surface area contributed by atoms with E-state index in [1.807, 2.05) is 0 Å². The summed E-state index contributed by atoms with van der Waals surface area (Å²) in [5.74, 6) is -5.52. The van der Waals surface area contributed by atoms with Gasteiger partial charge in [-0.25, -0.2) is 13.6 Å². The number of aromatic nitrogens is 2. The fourth-order valence-electron chi connectivity index (χ4n) is 0.752. The fraction of sp³-hybridized carbons (Fsp3) is 0.625. The molecular formula is C8H10F2N2O3. The summed E-state index contributed by atoms with van der Waals surface area (Å²) >= 11 is 0. The number of carbonyl (C=O) groups is 1. The van der Waals surface area contributed by atoms with Crippen molar-refractivity contribution in [3.8, 4) is 0 Å². The van der Waals surface area contributed by atoms with Gasteiger partial charge in [-0.1, -0.05) is 0 Å². The number of hydrogen-bond acceptors (Lipinski definition) is 4. The summed E-state index contributed by atoms with van der Waals surface area (Å²) in [4.78, 5) is 13.8. The number of alkyl halides is 2. The predicted octanol–water partition coefficient (Wildman–Crippen LogP) is 1.70. The molecule has 0 fully saturated rings. The second-order valence-corrected chi connectivity index (χ2v) is 3.74. The normalized spacial score (nSPS) is 12.9. The van der Waals surface area contributed by atoms with E-state index >= 15 is 0 Å². The largest absolute Gasteiger partial charge is 0.475 e. The van der Waals surface area contributed by atoms with Crippen LogP contribution in [0.25, 0.3) is 0 Å². The number of hydrogen-bond donors (Lipinski definition) is 1. The third-order valence-electron chi connectivity index (χ3n) is 2.25. The first-order chi connectivity index (χ1) is 6.66. The minimum atomic E-state index is -3.09. The van der Waals surface area contributed by atoms with Gasteiger partial charge in [0.25, 0.3) is 11.7 Å². The van der Waals surface area contributed by atoms with Crippen molar-refractivity contribution < 1.29 is 23.2 Å². The van der Waals surface area contributed by atoms with Crippen LogP contribution in [0.3, 0.4) is 0 Å². The summed E-state index contributed by atoms with van der Waals surface area (Å²) < 4.78 is 30.7. The summed E-state index contributed by atoms with van der Waals surface area (Å²) in [5, 5.41) is 11.6. The highest BCUT2D eigenvalue weighted by Crippen LogP contribution is 2.37. The van der Waals surface area contributed by atoms with Gasteiger partial charge in [0.05, 0.1) is 0 Å². The number of carboxylic acids is 1. The quantitative estimate of drug-likeness (QED) is 0.838. The van der Waals surface area contributed by atoms with E-state index in [4.69, 9.17) is 5.11 Å². The van der Waals surface area contributed by atoms with Crippen LogP contribution in [-0.4, -0.2) is 27.1 Å². The highest BCUT2D eigenvalue weighted by atomic mass is 19.3. The van der Waals surface area contributed by atoms with Crippen molar-refractivity contribution in [1.29, 1.82) is 0 Å². The number of rotatable bonds is 3. The molecule has 0 atom stereocenters. The molecule has 1 N–H and O–H groups in total. The number of aromatic carboxylic acids is 1. The molecule has 0 aliphatic rings. The van der Waals surface area contributed by atoms with Crippen molar-refractivity contribution in [1.82, 2.24) is 10.1 Å². The van der Waals surface area contributed by atoms with Crippen LogP contribution in [-0.2, 0) is 5.41 Å². The maximum atomic E-state index is 13.1. The van der Waals surface area contributed by atoms with Crippen LogP contribution < -0.4 is 0 Å². The van der Waals surface area contributed by atoms with Gasteiger partial charge in [-0.2, -0.15) is 4.98 Å². The molecule has 15 heavy (non-hydrogen) atoms. The molecular weight excluding hydrogens is 210 g/mol. The lowest BCUT2D eigenvalue weighted by Gasteiger charge is -2.26. The smallest absolute Gasteiger partial charge is 0.377 e. The number of halogens is 2. The van der Waals surface area contributed by atoms with Crippen molar-refractivity contribution in [2.24, 2.45) is 0 Å². The van der Waals surface area contributed by atoms with Crippen LogP contribution in [0.15, 0.2) is 4.52 Å². The Labute approximate surface area is 84.1 Å². The lowest BCUT2D eigenvalue weighted by atomic mass is 9.86. The van der Waals surface area contributed by atoms with Crippen molar-refractivity contribution in [2.75, 3.05) is 0 Å². The molecule has 0 amide bonds. The molecule has 0 saturated carbocycles. The average Bonchev–Trinajstić information content (AvgIpc) is 2.49. The molecule has 1 rings (SSSR count). The Bertz CT molecular complexity index is 381. The summed E-state index contributed by atoms with van der Waals surface area (Å²) in [6.45, 7) is 3.11. The Morgan fingerprint density at radius 2 is 1.93 bits per heavy atom. The fourth-order valence-corrected chi connectivity index (χ4v) is 0.752. The monoisotopic (exact) mass is 220 g/mol. The van der Waals surface area contributed by atoms with Crippen LogP contribution in [0.1, 0.15) is 37.3 Å². The highest BCUT2D eigenvalue weighted by molar-refractivity contribution is 5.82. The van der Waals surface area contributed by atoms with Crippen LogP contribution >= 0.6 is 0 Å². The maximum absolute atomic E-state index is 13.1. The van der Waals surface area contributed by atoms with Crippen LogP contribution in [0, 0.1) is 0 Å². The van der Waals surface area contributed by atoms with Gasteiger partial charge in [-0.15, -0.1) is 0 Å². The van der Waals surface area contributed by atoms with Crippen molar-refractivity contribution in [2.45, 2.75) is 32.1 Å². The molecule has 0 saturated heterocycles. The average molecular weight is 220 g/mol. The van der Waals surface area contributed by atoms with Gasteiger partial charge in [-0.05, 0) is 19.0 Å². The van der Waals surface area contributed by atoms with Gasteiger partial charge in [0.2, 0.25) is 5.89 Å². The molecule has 1 aromatic heterocycles. The number of carboxylic acid groups (broad SMARTS) is 1. The SMILES string of the molecule is CC(F)(F)C(C)(C)c1nc(C(=O)O)no1. The van der Waals surface area contributed by atoms with Gasteiger partial charge in [-0.3, -0.25) is 0 Å². The van der Waals surface area contributed by atoms with Crippen molar-refractivity contribution in [3.63, 3.8) is 0 Å². The molecule has 7 heteroatoms. The van der Waals surface area contributed by atoms with E-state index in [-0.39, 0.29) is 0 Å². The summed E-state index contributed by atoms with van der Waals surface area (Å²) in [6.07, 6.45) is 0. The van der Waals surface area contributed by atoms with Crippen LogP contribution in [0.4, 0.5) is 8.78 Å². The Hall–Kier alpha value is -1.53. The Morgan fingerprint density at radius 3 is 2.27 bits per heavy atom. The van der Waals surface area contributed by atoms with Crippen molar-refractivity contribution in [3.05, 3.63) is 11.7 Å². The third kappa shape index (κ3) is 1.95. The zero-order chi connectivity index (χ0) is 11.9. The van der Waals surface area contributed by atoms with Crippen molar-refractivity contribution >= 4 is 5.97 Å². The van der Waals surface area contributed by atoms with E-state index in [0.29, 0.717) is 6.92 Å². The predicted molar refractivity (Wildman–Crippen MR) is 44.9 cm³/mol. The van der Waals surface area contributed by atoms with Crippen LogP contribution in [0.5, 0.6) is 0 Å². The first kappa shape index (κ1) is 11.5. The Morgan fingerprint density at radius 1 is 1.40 bits per heavy atom. The van der Waals surface area contributed by atoms with Crippen LogP contribution in [0.2, 0.25) is 0 Å². The molecule has 1 aromatic rings. The molecule has 0 aliphatic heterocycles. The molecule has 0 bridgehead atoms. The first-order valence-electron chi connectivity index (χ1n) is 4.11. The van der Waals surface area contributed by atoms with E-state index in [2.05, 4.69) is 14.7 Å². The molecule has 0 aliphatic carbocycles. The first-order valence-corrected chi connectivity index (χ1v) is 4.11. The van der Waals surface area contributed by atoms with E-state index in [1.54, 1.807) is 0 Å². The lowest BCUT2D eigenvalue weighted by molar-refractivity contribution is -0.0584. The second kappa shape index (κ2) is 3.25. The molecule has 0 spiro atoms. The molecule has 0 radical (unpaired) electrons. The van der Waals surface area contributed by atoms with Gasteiger partial charge in [0, 0.05) is 6.92 Å². The highest BCUT2D eigenvalue weighted by Gasteiger charge is 2.48. The Kier molecular flexibility index (Phi) is 2.50. The van der Waals surface area contributed by atoms with Gasteiger partial charge < -0.3 is 9.63 Å². The molecule has 1 heterocycles.